The van der Waals surface area contributed by atoms with E-state index in [4.69, 9.17) is 5.11 Å². The lowest BCUT2D eigenvalue weighted by Crippen LogP contribution is -2.36. The topological polar surface area (TPSA) is 87.5 Å². The molecule has 7 nitrogen and oxygen atoms in total. The van der Waals surface area contributed by atoms with Crippen molar-refractivity contribution in [2.75, 3.05) is 11.4 Å². The van der Waals surface area contributed by atoms with Crippen molar-refractivity contribution >= 4 is 17.7 Å². The monoisotopic (exact) mass is 538 g/mol. The summed E-state index contributed by atoms with van der Waals surface area (Å²) in [6, 6.07) is 10.0. The van der Waals surface area contributed by atoms with Crippen molar-refractivity contribution in [2.45, 2.75) is 43.8 Å². The van der Waals surface area contributed by atoms with Gasteiger partial charge in [-0.3, -0.25) is 4.79 Å². The van der Waals surface area contributed by atoms with Gasteiger partial charge < -0.3 is 15.3 Å². The zero-order chi connectivity index (χ0) is 27.5. The third-order valence-electron chi connectivity index (χ3n) is 6.74. The van der Waals surface area contributed by atoms with Crippen LogP contribution in [0.2, 0.25) is 0 Å². The lowest BCUT2D eigenvalue weighted by molar-refractivity contribution is -0.142. The lowest BCUT2D eigenvalue weighted by atomic mass is 10.0. The molecule has 1 saturated carbocycles. The molecule has 2 N–H and O–H groups in total. The van der Waals surface area contributed by atoms with Gasteiger partial charge in [-0.2, -0.15) is 31.4 Å². The minimum atomic E-state index is -4.93. The minimum absolute atomic E-state index is 0.0246. The number of rotatable bonds is 6. The number of aromatic nitrogens is 2. The second-order valence-electron chi connectivity index (χ2n) is 9.30. The number of carbonyl (C=O) groups excluding carboxylic acids is 1. The number of halogens is 6. The van der Waals surface area contributed by atoms with Crippen LogP contribution in [0.5, 0.6) is 0 Å². The molecule has 1 amide bonds. The van der Waals surface area contributed by atoms with Gasteiger partial charge in [-0.25, -0.2) is 9.48 Å². The van der Waals surface area contributed by atoms with E-state index in [0.717, 1.165) is 16.8 Å². The number of benzene rings is 2. The van der Waals surface area contributed by atoms with E-state index in [1.54, 1.807) is 0 Å². The Morgan fingerprint density at radius 3 is 2.08 bits per heavy atom. The van der Waals surface area contributed by atoms with Crippen LogP contribution in [0.15, 0.2) is 48.5 Å². The van der Waals surface area contributed by atoms with Crippen molar-refractivity contribution in [3.8, 4) is 0 Å². The Morgan fingerprint density at radius 2 is 1.55 bits per heavy atom. The maximum atomic E-state index is 13.9. The Hall–Kier alpha value is -4.03. The first-order valence-corrected chi connectivity index (χ1v) is 11.5. The fourth-order valence-electron chi connectivity index (χ4n) is 4.66. The van der Waals surface area contributed by atoms with Gasteiger partial charge in [0.1, 0.15) is 11.4 Å². The van der Waals surface area contributed by atoms with Gasteiger partial charge in [0.25, 0.3) is 5.91 Å². The maximum absolute atomic E-state index is 13.9. The largest absolute Gasteiger partial charge is 0.478 e. The van der Waals surface area contributed by atoms with Crippen molar-refractivity contribution in [2.24, 2.45) is 0 Å². The zero-order valence-electron chi connectivity index (χ0n) is 19.5. The number of aromatic carboxylic acids is 1. The van der Waals surface area contributed by atoms with Crippen LogP contribution in [0.1, 0.15) is 55.9 Å². The van der Waals surface area contributed by atoms with E-state index in [2.05, 4.69) is 10.4 Å². The summed E-state index contributed by atoms with van der Waals surface area (Å²) in [6.07, 6.45) is -8.55. The van der Waals surface area contributed by atoms with E-state index in [0.29, 0.717) is 24.0 Å². The van der Waals surface area contributed by atoms with Gasteiger partial charge in [0.05, 0.1) is 23.2 Å². The zero-order valence-corrected chi connectivity index (χ0v) is 19.5. The molecule has 38 heavy (non-hydrogen) atoms. The van der Waals surface area contributed by atoms with Crippen LogP contribution in [0, 0.1) is 0 Å². The molecule has 1 aliphatic carbocycles. The maximum Gasteiger partial charge on any atom is 0.436 e. The molecule has 0 spiro atoms. The second-order valence-corrected chi connectivity index (χ2v) is 9.30. The van der Waals surface area contributed by atoms with E-state index >= 15 is 0 Å². The number of hydrogen-bond donors (Lipinski definition) is 2. The molecular weight excluding hydrogens is 518 g/mol. The molecule has 3 aromatic rings. The smallest absolute Gasteiger partial charge is 0.436 e. The molecule has 200 valence electrons. The van der Waals surface area contributed by atoms with Crippen LogP contribution in [0.25, 0.3) is 0 Å². The summed E-state index contributed by atoms with van der Waals surface area (Å²) in [5, 5.41) is 15.4. The van der Waals surface area contributed by atoms with Crippen LogP contribution < -0.4 is 10.2 Å². The number of nitrogens with zero attached hydrogens (tertiary/aromatic N) is 3. The number of hydrogen-bond acceptors (Lipinski definition) is 4. The summed E-state index contributed by atoms with van der Waals surface area (Å²) in [7, 11) is 0. The summed E-state index contributed by atoms with van der Waals surface area (Å²) in [6.45, 7) is 0.251. The van der Waals surface area contributed by atoms with Crippen LogP contribution in [0.3, 0.4) is 0 Å². The summed E-state index contributed by atoms with van der Waals surface area (Å²) in [4.78, 5) is 26.0. The molecule has 2 heterocycles. The first kappa shape index (κ1) is 25.6. The number of carboxylic acids is 1. The van der Waals surface area contributed by atoms with E-state index < -0.39 is 46.6 Å². The average Bonchev–Trinajstić information content (AvgIpc) is 3.35. The van der Waals surface area contributed by atoms with Gasteiger partial charge in [-0.05, 0) is 48.2 Å². The number of carbonyl (C=O) groups is 2. The lowest BCUT2D eigenvalue weighted by Gasteiger charge is -2.22. The summed E-state index contributed by atoms with van der Waals surface area (Å²) < 4.78 is 81.6. The quantitative estimate of drug-likeness (QED) is 0.429. The average molecular weight is 538 g/mol. The molecule has 0 radical (unpaired) electrons. The molecule has 1 aromatic heterocycles. The number of carboxylic acid groups (broad SMARTS) is 1. The normalized spacial score (nSPS) is 16.3. The van der Waals surface area contributed by atoms with Crippen LogP contribution in [-0.2, 0) is 31.0 Å². The van der Waals surface area contributed by atoms with Gasteiger partial charge in [0, 0.05) is 13.1 Å². The minimum Gasteiger partial charge on any atom is -0.478 e. The molecule has 0 unspecified atom stereocenters. The highest BCUT2D eigenvalue weighted by Crippen LogP contribution is 2.47. The molecule has 5 rings (SSSR count). The molecule has 0 saturated heterocycles. The SMILES string of the molecule is O=C(O)c1ccc(C2(NC(=O)c3c(C(F)(F)F)nn4c3N(Cc3ccc(C(F)(F)F)cc3)CC4)CC2)cc1. The molecule has 0 atom stereocenters. The molecule has 1 aliphatic heterocycles. The number of fused-ring (bicyclic) bond motifs is 1. The highest BCUT2D eigenvalue weighted by molar-refractivity contribution is 6.01. The van der Waals surface area contributed by atoms with Crippen molar-refractivity contribution in [1.29, 1.82) is 0 Å². The van der Waals surface area contributed by atoms with Gasteiger partial charge in [-0.15, -0.1) is 0 Å². The van der Waals surface area contributed by atoms with E-state index in [1.807, 2.05) is 0 Å². The number of alkyl halides is 6. The first-order chi connectivity index (χ1) is 17.8. The van der Waals surface area contributed by atoms with Crippen molar-refractivity contribution in [3.63, 3.8) is 0 Å². The van der Waals surface area contributed by atoms with Crippen molar-refractivity contribution in [3.05, 3.63) is 82.0 Å². The third kappa shape index (κ3) is 4.68. The van der Waals surface area contributed by atoms with E-state index in [-0.39, 0.29) is 31.0 Å². The second kappa shape index (κ2) is 8.77. The predicted octanol–water partition coefficient (Wildman–Crippen LogP) is 5.06. The highest BCUT2D eigenvalue weighted by atomic mass is 19.4. The van der Waals surface area contributed by atoms with Crippen LogP contribution >= 0.6 is 0 Å². The molecule has 1 fully saturated rings. The number of anilines is 1. The Labute approximate surface area is 211 Å². The fraction of sp³-hybridized carbons (Fsp3) is 0.320. The Morgan fingerprint density at radius 1 is 0.921 bits per heavy atom. The summed E-state index contributed by atoms with van der Waals surface area (Å²) in [5.74, 6) is -2.19. The van der Waals surface area contributed by atoms with Crippen molar-refractivity contribution < 1.29 is 41.0 Å². The van der Waals surface area contributed by atoms with Gasteiger partial charge in [0.15, 0.2) is 5.69 Å². The van der Waals surface area contributed by atoms with E-state index in [1.165, 1.54) is 41.3 Å². The van der Waals surface area contributed by atoms with E-state index in [9.17, 15) is 35.9 Å². The standard InChI is InChI=1S/C25H20F6N4O3/c26-24(27,28)17-5-1-14(2-6-17)13-34-11-12-35-21(34)18(19(33-35)25(29,30)31)20(36)32-23(9-10-23)16-7-3-15(4-8-16)22(37)38/h1-8H,9-13H2,(H,32,36)(H,37,38). The van der Waals surface area contributed by atoms with Crippen LogP contribution in [-0.4, -0.2) is 33.3 Å². The molecular formula is C25H20F6N4O3. The fourth-order valence-corrected chi connectivity index (χ4v) is 4.66. The number of nitrogens with one attached hydrogen (secondary N) is 1. The van der Waals surface area contributed by atoms with Gasteiger partial charge in [-0.1, -0.05) is 24.3 Å². The van der Waals surface area contributed by atoms with Gasteiger partial charge >= 0.3 is 18.3 Å². The summed E-state index contributed by atoms with van der Waals surface area (Å²) in [5.41, 5.74) is -2.78. The molecule has 2 aliphatic rings. The Kier molecular flexibility index (Phi) is 5.91. The first-order valence-electron chi connectivity index (χ1n) is 11.5. The van der Waals surface area contributed by atoms with Crippen molar-refractivity contribution in [1.82, 2.24) is 15.1 Å². The predicted molar refractivity (Wildman–Crippen MR) is 122 cm³/mol. The summed E-state index contributed by atoms with van der Waals surface area (Å²) >= 11 is 0. The Balaban J connectivity index is 1.45. The number of amides is 1. The highest BCUT2D eigenvalue weighted by Gasteiger charge is 2.49. The third-order valence-corrected chi connectivity index (χ3v) is 6.74. The molecule has 13 heteroatoms. The van der Waals surface area contributed by atoms with Gasteiger partial charge in [0.2, 0.25) is 0 Å². The molecule has 2 aromatic carbocycles. The molecule has 0 bridgehead atoms. The van der Waals surface area contributed by atoms with Crippen LogP contribution in [0.4, 0.5) is 32.2 Å². The Bertz CT molecular complexity index is 1390.